The first-order valence-electron chi connectivity index (χ1n) is 1.90. The van der Waals surface area contributed by atoms with Crippen LogP contribution in [0.25, 0.3) is 0 Å². The monoisotopic (exact) mass is 140 g/mol. The van der Waals surface area contributed by atoms with Crippen LogP contribution < -0.4 is 0 Å². The van der Waals surface area contributed by atoms with Gasteiger partial charge in [-0.3, -0.25) is 0 Å². The molecule has 0 saturated carbocycles. The number of hydrogen-bond acceptors (Lipinski definition) is 1. The largest absolute Gasteiger partial charge is 0.483 e. The van der Waals surface area contributed by atoms with Gasteiger partial charge in [0.2, 0.25) is 0 Å². The van der Waals surface area contributed by atoms with Crippen LogP contribution in [0.2, 0.25) is 0 Å². The Morgan fingerprint density at radius 3 is 2.57 bits per heavy atom. The van der Waals surface area contributed by atoms with Crippen LogP contribution in [0.15, 0.2) is 10.8 Å². The van der Waals surface area contributed by atoms with E-state index in [0.29, 0.717) is 6.61 Å². The molecule has 0 spiro atoms. The van der Waals surface area contributed by atoms with Gasteiger partial charge in [-0.1, -0.05) is 11.6 Å². The third kappa shape index (κ3) is 3.96. The minimum Gasteiger partial charge on any atom is -0.483 e. The van der Waals surface area contributed by atoms with Gasteiger partial charge in [-0.25, -0.2) is 0 Å². The third-order valence-electron chi connectivity index (χ3n) is 0.368. The van der Waals surface area contributed by atoms with E-state index < -0.39 is 0 Å². The summed E-state index contributed by atoms with van der Waals surface area (Å²) in [4.78, 5) is 0. The average Bonchev–Trinajstić information content (AvgIpc) is 1.68. The summed E-state index contributed by atoms with van der Waals surface area (Å²) < 4.78 is 4.69. The van der Waals surface area contributed by atoms with Crippen molar-refractivity contribution < 1.29 is 4.74 Å². The zero-order valence-corrected chi connectivity index (χ0v) is 5.46. The predicted molar refractivity (Wildman–Crippen MR) is 31.4 cm³/mol. The summed E-state index contributed by atoms with van der Waals surface area (Å²) in [6, 6.07) is 0. The molecule has 0 aliphatic heterocycles. The molecule has 0 aromatic heterocycles. The quantitative estimate of drug-likeness (QED) is 0.536. The molecule has 0 unspecified atom stereocenters. The van der Waals surface area contributed by atoms with Crippen molar-refractivity contribution in [2.75, 3.05) is 6.61 Å². The second-order valence-corrected chi connectivity index (χ2v) is 1.44. The van der Waals surface area contributed by atoms with Crippen molar-refractivity contribution in [3.63, 3.8) is 0 Å². The second kappa shape index (κ2) is 4.28. The third-order valence-corrected chi connectivity index (χ3v) is 0.896. The van der Waals surface area contributed by atoms with Crippen LogP contribution in [0.4, 0.5) is 0 Å². The first-order valence-corrected chi connectivity index (χ1v) is 2.71. The molecular formula is C4H6Cl2O. The van der Waals surface area contributed by atoms with Crippen molar-refractivity contribution in [1.29, 1.82) is 0 Å². The Kier molecular flexibility index (Phi) is 4.36. The van der Waals surface area contributed by atoms with E-state index in [1.54, 1.807) is 0 Å². The fraction of sp³-hybridized carbons (Fsp3) is 0.500. The van der Waals surface area contributed by atoms with Crippen molar-refractivity contribution in [2.45, 2.75) is 6.92 Å². The molecule has 0 aliphatic rings. The summed E-state index contributed by atoms with van der Waals surface area (Å²) >= 11 is 10.4. The van der Waals surface area contributed by atoms with Crippen LogP contribution in [-0.2, 0) is 4.74 Å². The zero-order chi connectivity index (χ0) is 5.70. The molecule has 0 heterocycles. The van der Waals surface area contributed by atoms with E-state index in [9.17, 15) is 0 Å². The van der Waals surface area contributed by atoms with Crippen LogP contribution in [0, 0.1) is 0 Å². The van der Waals surface area contributed by atoms with Crippen LogP contribution in [0.5, 0.6) is 0 Å². The molecule has 0 bridgehead atoms. The molecule has 1 nitrogen and oxygen atoms in total. The molecule has 0 radical (unpaired) electrons. The van der Waals surface area contributed by atoms with Crippen LogP contribution in [0.1, 0.15) is 6.92 Å². The van der Waals surface area contributed by atoms with E-state index in [2.05, 4.69) is 4.74 Å². The lowest BCUT2D eigenvalue weighted by molar-refractivity contribution is 0.256. The van der Waals surface area contributed by atoms with E-state index in [-0.39, 0.29) is 5.22 Å². The molecule has 42 valence electrons. The van der Waals surface area contributed by atoms with Gasteiger partial charge in [-0.05, 0) is 18.5 Å². The molecule has 3 heteroatoms. The first-order chi connectivity index (χ1) is 3.31. The SMILES string of the molecule is CCO/C(Cl)=C\Cl. The molecule has 0 atom stereocenters. The normalized spacial score (nSPS) is 11.6. The van der Waals surface area contributed by atoms with Crippen molar-refractivity contribution in [1.82, 2.24) is 0 Å². The highest BCUT2D eigenvalue weighted by Gasteiger charge is 1.82. The van der Waals surface area contributed by atoms with Gasteiger partial charge in [-0.2, -0.15) is 0 Å². The van der Waals surface area contributed by atoms with Crippen molar-refractivity contribution in [2.24, 2.45) is 0 Å². The zero-order valence-electron chi connectivity index (χ0n) is 3.95. The molecule has 0 saturated heterocycles. The summed E-state index contributed by atoms with van der Waals surface area (Å²) in [6.07, 6.45) is 0. The van der Waals surface area contributed by atoms with Crippen molar-refractivity contribution >= 4 is 23.2 Å². The number of rotatable bonds is 2. The maximum absolute atomic E-state index is 5.27. The van der Waals surface area contributed by atoms with E-state index in [0.717, 1.165) is 0 Å². The van der Waals surface area contributed by atoms with E-state index in [1.165, 1.54) is 5.54 Å². The van der Waals surface area contributed by atoms with Gasteiger partial charge >= 0.3 is 0 Å². The lowest BCUT2D eigenvalue weighted by atomic mass is 10.9. The van der Waals surface area contributed by atoms with Gasteiger partial charge in [0.15, 0.2) is 5.22 Å². The highest BCUT2D eigenvalue weighted by atomic mass is 35.5. The first kappa shape index (κ1) is 7.12. The van der Waals surface area contributed by atoms with Crippen LogP contribution >= 0.6 is 23.2 Å². The van der Waals surface area contributed by atoms with Gasteiger partial charge in [0.25, 0.3) is 0 Å². The highest BCUT2D eigenvalue weighted by molar-refractivity contribution is 6.35. The standard InChI is InChI=1S/C4H6Cl2O/c1-2-7-4(6)3-5/h3H,2H2,1H3/b4-3-. The summed E-state index contributed by atoms with van der Waals surface area (Å²) in [5.74, 6) is 0. The fourth-order valence-corrected chi connectivity index (χ4v) is 0.341. The number of ether oxygens (including phenoxy) is 1. The smallest absolute Gasteiger partial charge is 0.198 e. The minimum absolute atomic E-state index is 0.240. The molecule has 0 aliphatic carbocycles. The second-order valence-electron chi connectivity index (χ2n) is 0.846. The Balaban J connectivity index is 3.17. The van der Waals surface area contributed by atoms with E-state index in [1.807, 2.05) is 6.92 Å². The Labute approximate surface area is 52.9 Å². The molecule has 7 heavy (non-hydrogen) atoms. The van der Waals surface area contributed by atoms with Crippen molar-refractivity contribution in [3.8, 4) is 0 Å². The fourth-order valence-electron chi connectivity index (χ4n) is 0.169. The van der Waals surface area contributed by atoms with Gasteiger partial charge < -0.3 is 4.74 Å². The van der Waals surface area contributed by atoms with E-state index >= 15 is 0 Å². The Morgan fingerprint density at radius 2 is 2.43 bits per heavy atom. The van der Waals surface area contributed by atoms with Crippen LogP contribution in [-0.4, -0.2) is 6.61 Å². The van der Waals surface area contributed by atoms with Crippen LogP contribution in [0.3, 0.4) is 0 Å². The topological polar surface area (TPSA) is 9.23 Å². The highest BCUT2D eigenvalue weighted by Crippen LogP contribution is 2.02. The number of halogens is 2. The van der Waals surface area contributed by atoms with Gasteiger partial charge in [0.1, 0.15) is 0 Å². The minimum atomic E-state index is 0.240. The molecule has 0 N–H and O–H groups in total. The van der Waals surface area contributed by atoms with Crippen molar-refractivity contribution in [3.05, 3.63) is 10.8 Å². The molecule has 0 aromatic carbocycles. The Hall–Kier alpha value is 0.120. The van der Waals surface area contributed by atoms with Gasteiger partial charge in [-0.15, -0.1) is 0 Å². The van der Waals surface area contributed by atoms with E-state index in [4.69, 9.17) is 23.2 Å². The van der Waals surface area contributed by atoms with Gasteiger partial charge in [0, 0.05) is 0 Å². The Bertz CT molecular complexity index is 70.1. The summed E-state index contributed by atoms with van der Waals surface area (Å²) in [6.45, 7) is 2.39. The molecule has 0 rings (SSSR count). The lowest BCUT2D eigenvalue weighted by Crippen LogP contribution is -1.80. The lowest BCUT2D eigenvalue weighted by Gasteiger charge is -1.94. The maximum atomic E-state index is 5.27. The predicted octanol–water partition coefficient (Wildman–Crippen LogP) is 2.30. The summed E-state index contributed by atoms with van der Waals surface area (Å²) in [5, 5.41) is 0.240. The molecular weight excluding hydrogens is 135 g/mol. The molecule has 0 amide bonds. The maximum Gasteiger partial charge on any atom is 0.198 e. The summed E-state index contributed by atoms with van der Waals surface area (Å²) in [5.41, 5.74) is 1.19. The average molecular weight is 141 g/mol. The molecule has 0 aromatic rings. The number of hydrogen-bond donors (Lipinski definition) is 0. The Morgan fingerprint density at radius 1 is 1.86 bits per heavy atom. The van der Waals surface area contributed by atoms with Gasteiger partial charge in [0.05, 0.1) is 12.1 Å². The summed E-state index contributed by atoms with van der Waals surface area (Å²) in [7, 11) is 0. The molecule has 0 fully saturated rings.